The van der Waals surface area contributed by atoms with Gasteiger partial charge in [-0.2, -0.15) is 0 Å². The molecular weight excluding hydrogens is 226 g/mol. The van der Waals surface area contributed by atoms with Crippen molar-refractivity contribution < 1.29 is 14.6 Å². The summed E-state index contributed by atoms with van der Waals surface area (Å²) in [6, 6.07) is 1.09. The van der Waals surface area contributed by atoms with E-state index in [1.807, 2.05) is 5.48 Å². The van der Waals surface area contributed by atoms with Crippen LogP contribution >= 0.6 is 11.6 Å². The summed E-state index contributed by atoms with van der Waals surface area (Å²) in [5.74, 6) is -0.756. The topological polar surface area (TPSA) is 94.4 Å². The van der Waals surface area contributed by atoms with E-state index in [4.69, 9.17) is 11.6 Å². The van der Waals surface area contributed by atoms with Crippen LogP contribution in [0.1, 0.15) is 10.4 Å². The highest BCUT2D eigenvalue weighted by Gasteiger charge is 2.21. The van der Waals surface area contributed by atoms with Gasteiger partial charge in [-0.3, -0.25) is 19.7 Å². The van der Waals surface area contributed by atoms with E-state index in [1.54, 1.807) is 0 Å². The number of pyridine rings is 1. The van der Waals surface area contributed by atoms with E-state index in [0.717, 1.165) is 12.3 Å². The maximum Gasteiger partial charge on any atom is 0.300 e. The van der Waals surface area contributed by atoms with Crippen LogP contribution in [-0.2, 0) is 4.84 Å². The summed E-state index contributed by atoms with van der Waals surface area (Å²) in [7, 11) is 1.21. The smallest absolute Gasteiger partial charge is 0.277 e. The average molecular weight is 232 g/mol. The van der Waals surface area contributed by atoms with Gasteiger partial charge in [-0.25, -0.2) is 10.5 Å². The highest BCUT2D eigenvalue weighted by atomic mass is 35.5. The number of carbonyl (C=O) groups excluding carboxylic acids is 1. The lowest BCUT2D eigenvalue weighted by Crippen LogP contribution is -2.22. The van der Waals surface area contributed by atoms with E-state index in [-0.39, 0.29) is 10.7 Å². The molecular formula is C7H6ClN3O4. The standard InChI is InChI=1S/C7H6ClN3O4/c1-15-10-7(12)4-2-6(8)9-3-5(4)11(13)14/h2-3H,1H3,(H,10,12). The number of rotatable bonds is 3. The minimum Gasteiger partial charge on any atom is -0.277 e. The molecule has 1 heterocycles. The molecule has 15 heavy (non-hydrogen) atoms. The van der Waals surface area contributed by atoms with Gasteiger partial charge < -0.3 is 0 Å². The lowest BCUT2D eigenvalue weighted by atomic mass is 10.2. The van der Waals surface area contributed by atoms with Crippen LogP contribution in [0, 0.1) is 10.1 Å². The summed E-state index contributed by atoms with van der Waals surface area (Å²) < 4.78 is 0. The summed E-state index contributed by atoms with van der Waals surface area (Å²) in [4.78, 5) is 29.0. The molecule has 0 aromatic carbocycles. The zero-order chi connectivity index (χ0) is 11.4. The third-order valence-electron chi connectivity index (χ3n) is 1.49. The van der Waals surface area contributed by atoms with Crippen LogP contribution in [-0.4, -0.2) is 22.9 Å². The highest BCUT2D eigenvalue weighted by molar-refractivity contribution is 6.29. The maximum absolute atomic E-state index is 11.3. The lowest BCUT2D eigenvalue weighted by Gasteiger charge is -2.02. The molecule has 0 saturated heterocycles. The molecule has 7 nitrogen and oxygen atoms in total. The summed E-state index contributed by atoms with van der Waals surface area (Å²) in [6.45, 7) is 0. The second kappa shape index (κ2) is 4.67. The molecule has 80 valence electrons. The van der Waals surface area contributed by atoms with Crippen LogP contribution in [0.4, 0.5) is 5.69 Å². The summed E-state index contributed by atoms with van der Waals surface area (Å²) >= 11 is 5.51. The Hall–Kier alpha value is -1.73. The predicted octanol–water partition coefficient (Wildman–Crippen LogP) is 0.934. The van der Waals surface area contributed by atoms with Gasteiger partial charge in [0.1, 0.15) is 16.9 Å². The Morgan fingerprint density at radius 2 is 2.40 bits per heavy atom. The van der Waals surface area contributed by atoms with Crippen molar-refractivity contribution >= 4 is 23.2 Å². The molecule has 0 atom stereocenters. The van der Waals surface area contributed by atoms with Gasteiger partial charge in [0.15, 0.2) is 0 Å². The second-order valence-corrected chi connectivity index (χ2v) is 2.80. The zero-order valence-corrected chi connectivity index (χ0v) is 8.32. The first-order valence-corrected chi connectivity index (χ1v) is 4.07. The minimum absolute atomic E-state index is 0.0122. The van der Waals surface area contributed by atoms with Crippen molar-refractivity contribution in [3.8, 4) is 0 Å². The van der Waals surface area contributed by atoms with Gasteiger partial charge in [-0.05, 0) is 6.07 Å². The molecule has 1 aromatic rings. The van der Waals surface area contributed by atoms with Crippen molar-refractivity contribution in [3.05, 3.63) is 33.1 Å². The van der Waals surface area contributed by atoms with E-state index < -0.39 is 16.5 Å². The van der Waals surface area contributed by atoms with Crippen LogP contribution in [0.15, 0.2) is 12.3 Å². The molecule has 0 aliphatic carbocycles. The Kier molecular flexibility index (Phi) is 3.53. The third-order valence-corrected chi connectivity index (χ3v) is 1.69. The maximum atomic E-state index is 11.3. The number of nitrogens with one attached hydrogen (secondary N) is 1. The van der Waals surface area contributed by atoms with Crippen molar-refractivity contribution in [1.29, 1.82) is 0 Å². The summed E-state index contributed by atoms with van der Waals surface area (Å²) in [6.07, 6.45) is 0.910. The van der Waals surface area contributed by atoms with Crippen LogP contribution in [0.3, 0.4) is 0 Å². The Labute approximate surface area is 89.1 Å². The van der Waals surface area contributed by atoms with Gasteiger partial charge >= 0.3 is 0 Å². The Morgan fingerprint density at radius 1 is 1.73 bits per heavy atom. The molecule has 0 aliphatic rings. The van der Waals surface area contributed by atoms with Gasteiger partial charge in [0.25, 0.3) is 11.6 Å². The second-order valence-electron chi connectivity index (χ2n) is 2.42. The summed E-state index contributed by atoms with van der Waals surface area (Å²) in [5.41, 5.74) is 1.31. The van der Waals surface area contributed by atoms with E-state index in [0.29, 0.717) is 0 Å². The number of hydrogen-bond donors (Lipinski definition) is 1. The van der Waals surface area contributed by atoms with Crippen molar-refractivity contribution in [2.75, 3.05) is 7.11 Å². The van der Waals surface area contributed by atoms with Crippen LogP contribution < -0.4 is 5.48 Å². The predicted molar refractivity (Wildman–Crippen MR) is 50.4 cm³/mol. The lowest BCUT2D eigenvalue weighted by molar-refractivity contribution is -0.385. The van der Waals surface area contributed by atoms with Crippen LogP contribution in [0.25, 0.3) is 0 Å². The molecule has 0 aliphatic heterocycles. The van der Waals surface area contributed by atoms with Gasteiger partial charge in [-0.1, -0.05) is 11.6 Å². The van der Waals surface area contributed by atoms with E-state index in [9.17, 15) is 14.9 Å². The molecule has 1 amide bonds. The minimum atomic E-state index is -0.756. The van der Waals surface area contributed by atoms with E-state index in [2.05, 4.69) is 9.82 Å². The van der Waals surface area contributed by atoms with E-state index >= 15 is 0 Å². The Morgan fingerprint density at radius 3 is 2.93 bits per heavy atom. The number of halogens is 1. The fraction of sp³-hybridized carbons (Fsp3) is 0.143. The number of nitro groups is 1. The monoisotopic (exact) mass is 231 g/mol. The molecule has 0 unspecified atom stereocenters. The van der Waals surface area contributed by atoms with E-state index in [1.165, 1.54) is 7.11 Å². The SMILES string of the molecule is CONC(=O)c1cc(Cl)ncc1[N+](=O)[O-]. The normalized spacial score (nSPS) is 9.73. The molecule has 8 heteroatoms. The van der Waals surface area contributed by atoms with Gasteiger partial charge in [-0.15, -0.1) is 0 Å². The number of hydrogen-bond acceptors (Lipinski definition) is 5. The average Bonchev–Trinajstić information content (AvgIpc) is 2.17. The molecule has 0 bridgehead atoms. The molecule has 1 rings (SSSR count). The fourth-order valence-electron chi connectivity index (χ4n) is 0.898. The van der Waals surface area contributed by atoms with Crippen LogP contribution in [0.5, 0.6) is 0 Å². The molecule has 0 spiro atoms. The Bertz CT molecular complexity index is 409. The largest absolute Gasteiger partial charge is 0.300 e. The van der Waals surface area contributed by atoms with Gasteiger partial charge in [0, 0.05) is 0 Å². The van der Waals surface area contributed by atoms with Gasteiger partial charge in [0.05, 0.1) is 12.0 Å². The quantitative estimate of drug-likeness (QED) is 0.474. The first-order chi connectivity index (χ1) is 7.06. The first kappa shape index (κ1) is 11.3. The van der Waals surface area contributed by atoms with Crippen LogP contribution in [0.2, 0.25) is 5.15 Å². The Balaban J connectivity index is 3.18. The molecule has 1 N–H and O–H groups in total. The molecule has 0 fully saturated rings. The molecule has 0 radical (unpaired) electrons. The van der Waals surface area contributed by atoms with Crippen molar-refractivity contribution in [2.24, 2.45) is 0 Å². The number of aromatic nitrogens is 1. The van der Waals surface area contributed by atoms with Crippen molar-refractivity contribution in [3.63, 3.8) is 0 Å². The molecule has 0 saturated carbocycles. The number of nitrogens with zero attached hydrogens (tertiary/aromatic N) is 2. The molecule has 1 aromatic heterocycles. The van der Waals surface area contributed by atoms with Gasteiger partial charge in [0.2, 0.25) is 0 Å². The zero-order valence-electron chi connectivity index (χ0n) is 7.56. The fourth-order valence-corrected chi connectivity index (χ4v) is 1.06. The number of amides is 1. The number of hydroxylamine groups is 1. The highest BCUT2D eigenvalue weighted by Crippen LogP contribution is 2.19. The summed E-state index contributed by atoms with van der Waals surface area (Å²) in [5, 5.41) is 10.5. The van der Waals surface area contributed by atoms with Crippen molar-refractivity contribution in [1.82, 2.24) is 10.5 Å². The van der Waals surface area contributed by atoms with Crippen molar-refractivity contribution in [2.45, 2.75) is 0 Å². The number of carbonyl (C=O) groups is 1. The third kappa shape index (κ3) is 2.61. The first-order valence-electron chi connectivity index (χ1n) is 3.69.